The van der Waals surface area contributed by atoms with Gasteiger partial charge in [-0.3, -0.25) is 4.79 Å². The third-order valence-corrected chi connectivity index (χ3v) is 4.68. The van der Waals surface area contributed by atoms with Crippen molar-refractivity contribution in [3.8, 4) is 0 Å². The summed E-state index contributed by atoms with van der Waals surface area (Å²) in [6, 6.07) is 12.0. The smallest absolute Gasteiger partial charge is 0.335 e. The van der Waals surface area contributed by atoms with Crippen molar-refractivity contribution in [3.63, 3.8) is 0 Å². The third-order valence-electron chi connectivity index (χ3n) is 2.68. The molecule has 2 rings (SSSR count). The highest BCUT2D eigenvalue weighted by Gasteiger charge is 2.07. The van der Waals surface area contributed by atoms with Crippen LogP contribution in [0.25, 0.3) is 0 Å². The number of carboxylic acid groups (broad SMARTS) is 2. The number of aliphatic carboxylic acids is 1. The fourth-order valence-electron chi connectivity index (χ4n) is 1.70. The molecule has 0 unspecified atom stereocenters. The highest BCUT2D eigenvalue weighted by molar-refractivity contribution is 9.10. The van der Waals surface area contributed by atoms with Gasteiger partial charge in [-0.05, 0) is 57.9 Å². The van der Waals surface area contributed by atoms with Crippen molar-refractivity contribution in [2.45, 2.75) is 16.2 Å². The molecule has 0 aliphatic carbocycles. The van der Waals surface area contributed by atoms with Crippen molar-refractivity contribution >= 4 is 39.6 Å². The zero-order chi connectivity index (χ0) is 15.4. The van der Waals surface area contributed by atoms with Gasteiger partial charge in [0.25, 0.3) is 0 Å². The van der Waals surface area contributed by atoms with Gasteiger partial charge in [0.1, 0.15) is 0 Å². The molecule has 0 atom stereocenters. The molecule has 0 aromatic heterocycles. The number of carbonyl (C=O) groups is 2. The normalized spacial score (nSPS) is 10.3. The van der Waals surface area contributed by atoms with E-state index >= 15 is 0 Å². The Labute approximate surface area is 133 Å². The first-order valence-corrected chi connectivity index (χ1v) is 7.58. The number of aromatic carboxylic acids is 1. The zero-order valence-electron chi connectivity index (χ0n) is 10.7. The summed E-state index contributed by atoms with van der Waals surface area (Å²) in [5, 5.41) is 17.6. The highest BCUT2D eigenvalue weighted by atomic mass is 79.9. The topological polar surface area (TPSA) is 74.6 Å². The molecule has 2 aromatic rings. The molecule has 0 saturated heterocycles. The van der Waals surface area contributed by atoms with E-state index in [-0.39, 0.29) is 12.0 Å². The van der Waals surface area contributed by atoms with Crippen molar-refractivity contribution in [2.75, 3.05) is 0 Å². The Morgan fingerprint density at radius 2 is 1.71 bits per heavy atom. The maximum Gasteiger partial charge on any atom is 0.335 e. The molecule has 108 valence electrons. The second kappa shape index (κ2) is 6.78. The largest absolute Gasteiger partial charge is 0.481 e. The lowest BCUT2D eigenvalue weighted by Gasteiger charge is -2.06. The van der Waals surface area contributed by atoms with Gasteiger partial charge in [-0.1, -0.05) is 17.8 Å². The number of carboxylic acids is 2. The van der Waals surface area contributed by atoms with Gasteiger partial charge in [0.15, 0.2) is 0 Å². The van der Waals surface area contributed by atoms with Crippen LogP contribution in [0.3, 0.4) is 0 Å². The van der Waals surface area contributed by atoms with E-state index in [2.05, 4.69) is 15.9 Å². The van der Waals surface area contributed by atoms with Gasteiger partial charge in [0.05, 0.1) is 12.0 Å². The lowest BCUT2D eigenvalue weighted by Crippen LogP contribution is -1.99. The lowest BCUT2D eigenvalue weighted by molar-refractivity contribution is -0.136. The molecule has 2 aromatic carbocycles. The predicted octanol–water partition coefficient (Wildman–Crippen LogP) is 3.93. The lowest BCUT2D eigenvalue weighted by atomic mass is 10.2. The Morgan fingerprint density at radius 1 is 1.05 bits per heavy atom. The molecule has 0 aliphatic rings. The minimum Gasteiger partial charge on any atom is -0.481 e. The van der Waals surface area contributed by atoms with Crippen LogP contribution in [0.1, 0.15) is 15.9 Å². The first kappa shape index (κ1) is 15.6. The molecule has 0 radical (unpaired) electrons. The van der Waals surface area contributed by atoms with E-state index in [1.807, 2.05) is 6.07 Å². The average Bonchev–Trinajstić information content (AvgIpc) is 2.42. The van der Waals surface area contributed by atoms with Crippen LogP contribution in [0.5, 0.6) is 0 Å². The molecule has 0 bridgehead atoms. The molecular weight excluding hydrogens is 356 g/mol. The minimum atomic E-state index is -0.953. The summed E-state index contributed by atoms with van der Waals surface area (Å²) in [4.78, 5) is 23.3. The fourth-order valence-corrected chi connectivity index (χ4v) is 3.19. The second-order valence-electron chi connectivity index (χ2n) is 4.27. The van der Waals surface area contributed by atoms with E-state index in [0.717, 1.165) is 19.8 Å². The summed E-state index contributed by atoms with van der Waals surface area (Å²) in [7, 11) is 0. The summed E-state index contributed by atoms with van der Waals surface area (Å²) < 4.78 is 0.813. The Balaban J connectivity index is 2.15. The first-order valence-electron chi connectivity index (χ1n) is 5.97. The molecule has 0 amide bonds. The van der Waals surface area contributed by atoms with Crippen molar-refractivity contribution in [1.29, 1.82) is 0 Å². The van der Waals surface area contributed by atoms with E-state index in [0.29, 0.717) is 0 Å². The van der Waals surface area contributed by atoms with Crippen LogP contribution in [0.4, 0.5) is 0 Å². The van der Waals surface area contributed by atoms with Crippen LogP contribution in [-0.4, -0.2) is 22.2 Å². The van der Waals surface area contributed by atoms with E-state index in [1.165, 1.54) is 11.8 Å². The van der Waals surface area contributed by atoms with Crippen molar-refractivity contribution in [3.05, 3.63) is 58.1 Å². The van der Waals surface area contributed by atoms with Crippen molar-refractivity contribution in [2.24, 2.45) is 0 Å². The third kappa shape index (κ3) is 4.34. The van der Waals surface area contributed by atoms with Crippen molar-refractivity contribution in [1.82, 2.24) is 0 Å². The van der Waals surface area contributed by atoms with Crippen molar-refractivity contribution < 1.29 is 19.8 Å². The SMILES string of the molecule is O=C(O)Cc1ccc(Sc2ccc(C(=O)O)cc2)c(Br)c1. The fraction of sp³-hybridized carbons (Fsp3) is 0.0667. The Bertz CT molecular complexity index is 683. The summed E-state index contributed by atoms with van der Waals surface area (Å²) in [6.45, 7) is 0. The van der Waals surface area contributed by atoms with E-state index < -0.39 is 11.9 Å². The molecule has 0 spiro atoms. The van der Waals surface area contributed by atoms with Gasteiger partial charge < -0.3 is 10.2 Å². The highest BCUT2D eigenvalue weighted by Crippen LogP contribution is 2.34. The number of benzene rings is 2. The van der Waals surface area contributed by atoms with E-state index in [4.69, 9.17) is 10.2 Å². The van der Waals surface area contributed by atoms with Crippen LogP contribution in [0.15, 0.2) is 56.7 Å². The monoisotopic (exact) mass is 366 g/mol. The maximum atomic E-state index is 10.8. The number of halogens is 1. The molecule has 4 nitrogen and oxygen atoms in total. The molecule has 6 heteroatoms. The molecule has 0 aliphatic heterocycles. The summed E-state index contributed by atoms with van der Waals surface area (Å²) in [5.41, 5.74) is 0.968. The Kier molecular flexibility index (Phi) is 5.03. The molecule has 21 heavy (non-hydrogen) atoms. The number of hydrogen-bond donors (Lipinski definition) is 2. The summed E-state index contributed by atoms with van der Waals surface area (Å²) >= 11 is 4.90. The van der Waals surface area contributed by atoms with Crippen LogP contribution < -0.4 is 0 Å². The van der Waals surface area contributed by atoms with Crippen LogP contribution in [0, 0.1) is 0 Å². The zero-order valence-corrected chi connectivity index (χ0v) is 13.1. The Morgan fingerprint density at radius 3 is 2.24 bits per heavy atom. The standard InChI is InChI=1S/C15H11BrO4S/c16-12-7-9(8-14(17)18)1-6-13(12)21-11-4-2-10(3-5-11)15(19)20/h1-7H,8H2,(H,17,18)(H,19,20). The molecule has 0 heterocycles. The molecular formula is C15H11BrO4S. The number of hydrogen-bond acceptors (Lipinski definition) is 3. The quantitative estimate of drug-likeness (QED) is 0.838. The number of rotatable bonds is 5. The van der Waals surface area contributed by atoms with Crippen LogP contribution in [-0.2, 0) is 11.2 Å². The Hall–Kier alpha value is -1.79. The molecule has 2 N–H and O–H groups in total. The van der Waals surface area contributed by atoms with E-state index in [9.17, 15) is 9.59 Å². The first-order chi connectivity index (χ1) is 9.95. The van der Waals surface area contributed by atoms with Crippen LogP contribution >= 0.6 is 27.7 Å². The maximum absolute atomic E-state index is 10.8. The summed E-state index contributed by atoms with van der Waals surface area (Å²) in [5.74, 6) is -1.82. The molecule has 0 saturated carbocycles. The minimum absolute atomic E-state index is 0.0170. The van der Waals surface area contributed by atoms with Gasteiger partial charge in [-0.2, -0.15) is 0 Å². The van der Waals surface area contributed by atoms with Gasteiger partial charge in [0.2, 0.25) is 0 Å². The average molecular weight is 367 g/mol. The second-order valence-corrected chi connectivity index (χ2v) is 6.24. The van der Waals surface area contributed by atoms with Gasteiger partial charge in [0, 0.05) is 14.3 Å². The van der Waals surface area contributed by atoms with Gasteiger partial charge in [-0.15, -0.1) is 0 Å². The van der Waals surface area contributed by atoms with Crippen LogP contribution in [0.2, 0.25) is 0 Å². The van der Waals surface area contributed by atoms with Gasteiger partial charge in [-0.25, -0.2) is 4.79 Å². The van der Waals surface area contributed by atoms with E-state index in [1.54, 1.807) is 36.4 Å². The molecule has 0 fully saturated rings. The van der Waals surface area contributed by atoms with Gasteiger partial charge >= 0.3 is 11.9 Å². The predicted molar refractivity (Wildman–Crippen MR) is 83.0 cm³/mol. The summed E-state index contributed by atoms with van der Waals surface area (Å²) in [6.07, 6.45) is -0.0170.